The Morgan fingerprint density at radius 3 is 3.00 bits per heavy atom. The first-order valence-electron chi connectivity index (χ1n) is 13.2. The fraction of sp³-hybridized carbons (Fsp3) is 0.269. The molecule has 0 aliphatic heterocycles. The van der Waals surface area contributed by atoms with Crippen molar-refractivity contribution >= 4 is 28.1 Å². The van der Waals surface area contributed by atoms with Crippen molar-refractivity contribution in [2.75, 3.05) is 32.5 Å². The number of ether oxygens (including phenoxy) is 1. The molecule has 0 spiro atoms. The van der Waals surface area contributed by atoms with Crippen LogP contribution in [0.4, 0.5) is 15.8 Å². The molecule has 1 aromatic heterocycles. The van der Waals surface area contributed by atoms with Gasteiger partial charge in [0.05, 0.1) is 27.5 Å². The number of fused-ring (bicyclic) bond motifs is 1. The van der Waals surface area contributed by atoms with Crippen LogP contribution in [0.5, 0.6) is 5.75 Å². The molecule has 0 atom stereocenters. The highest BCUT2D eigenvalue weighted by Gasteiger charge is 2.16. The minimum absolute atomic E-state index is 0.0434. The van der Waals surface area contributed by atoms with Crippen LogP contribution in [-0.2, 0) is 11.2 Å². The van der Waals surface area contributed by atoms with Crippen molar-refractivity contribution in [2.45, 2.75) is 20.3 Å². The van der Waals surface area contributed by atoms with Gasteiger partial charge in [0, 0.05) is 46.0 Å². The number of aromatic nitrogens is 1. The summed E-state index contributed by atoms with van der Waals surface area (Å²) in [5.41, 5.74) is 0.864. The average Bonchev–Trinajstić information content (AvgIpc) is 2.88. The van der Waals surface area contributed by atoms with Gasteiger partial charge in [-0.3, -0.25) is 9.78 Å². The fourth-order valence-corrected chi connectivity index (χ4v) is 3.17. The second kappa shape index (κ2) is 10.7. The van der Waals surface area contributed by atoms with Crippen LogP contribution in [0.25, 0.3) is 10.9 Å². The van der Waals surface area contributed by atoms with Crippen molar-refractivity contribution in [3.05, 3.63) is 71.1 Å². The van der Waals surface area contributed by atoms with Gasteiger partial charge in [-0.25, -0.2) is 4.39 Å². The molecule has 3 aromatic rings. The maximum Gasteiger partial charge on any atom is 0.159 e. The molecule has 0 aliphatic carbocycles. The summed E-state index contributed by atoms with van der Waals surface area (Å²) in [5, 5.41) is 13.0. The number of allylic oxidation sites excluding steroid dienone is 1. The molecule has 1 N–H and O–H groups in total. The molecule has 33 heavy (non-hydrogen) atoms. The smallest absolute Gasteiger partial charge is 0.159 e. The number of benzene rings is 2. The molecule has 0 saturated carbocycles. The van der Waals surface area contributed by atoms with Crippen molar-refractivity contribution in [3.63, 3.8) is 0 Å². The molecule has 3 rings (SSSR count). The highest BCUT2D eigenvalue weighted by molar-refractivity contribution is 5.98. The molecule has 0 unspecified atom stereocenters. The van der Waals surface area contributed by atoms with Gasteiger partial charge in [0.25, 0.3) is 0 Å². The number of nitrogens with zero attached hydrogens (tertiary/aromatic N) is 3. The number of pyridine rings is 1. The zero-order valence-electron chi connectivity index (χ0n) is 24.5. The molecule has 0 amide bonds. The molecule has 7 heteroatoms. The summed E-state index contributed by atoms with van der Waals surface area (Å²) < 4.78 is 66.5. The van der Waals surface area contributed by atoms with Gasteiger partial charge in [-0.15, -0.1) is 0 Å². The number of rotatable bonds is 9. The topological polar surface area (TPSA) is 78.2 Å². The van der Waals surface area contributed by atoms with Crippen molar-refractivity contribution in [2.24, 2.45) is 0 Å². The van der Waals surface area contributed by atoms with Crippen LogP contribution in [-0.4, -0.2) is 42.8 Å². The lowest BCUT2D eigenvalue weighted by molar-refractivity contribution is -0.114. The first-order chi connectivity index (χ1) is 18.3. The third kappa shape index (κ3) is 5.93. The number of carbonyl (C=O) groups is 1. The lowest BCUT2D eigenvalue weighted by Crippen LogP contribution is -2.11. The lowest BCUT2D eigenvalue weighted by Gasteiger charge is -2.15. The second-order valence-corrected chi connectivity index (χ2v) is 7.31. The lowest BCUT2D eigenvalue weighted by atomic mass is 10.0. The van der Waals surface area contributed by atoms with E-state index in [1.165, 1.54) is 32.3 Å². The highest BCUT2D eigenvalue weighted by atomic mass is 19.1. The van der Waals surface area contributed by atoms with Crippen LogP contribution in [0.1, 0.15) is 31.8 Å². The summed E-state index contributed by atoms with van der Waals surface area (Å²) in [5.74, 6) is -0.887. The van der Waals surface area contributed by atoms with E-state index in [2.05, 4.69) is 10.3 Å². The van der Waals surface area contributed by atoms with Crippen LogP contribution < -0.4 is 10.1 Å². The van der Waals surface area contributed by atoms with Crippen LogP contribution in [0.3, 0.4) is 0 Å². The molecule has 0 fully saturated rings. The van der Waals surface area contributed by atoms with Gasteiger partial charge >= 0.3 is 0 Å². The van der Waals surface area contributed by atoms with Crippen LogP contribution >= 0.6 is 0 Å². The van der Waals surface area contributed by atoms with Gasteiger partial charge in [-0.1, -0.05) is 6.08 Å². The van der Waals surface area contributed by atoms with Gasteiger partial charge < -0.3 is 15.0 Å². The van der Waals surface area contributed by atoms with E-state index in [1.54, 1.807) is 19.1 Å². The molecule has 1 heterocycles. The molecular weight excluding hydrogens is 419 g/mol. The number of likely N-dealkylation sites (N-methyl/N-ethyl adjacent to an activating group) is 1. The molecule has 2 aromatic carbocycles. The number of nitrogens with one attached hydrogen (secondary N) is 1. The van der Waals surface area contributed by atoms with E-state index in [-0.39, 0.29) is 47.3 Å². The van der Waals surface area contributed by atoms with E-state index < -0.39 is 24.9 Å². The molecule has 0 radical (unpaired) electrons. The Hall–Kier alpha value is -3.76. The molecule has 0 saturated heterocycles. The number of hydrogen-bond donors (Lipinski definition) is 1. The summed E-state index contributed by atoms with van der Waals surface area (Å²) >= 11 is 0. The first-order valence-corrected chi connectivity index (χ1v) is 10.2. The van der Waals surface area contributed by atoms with Gasteiger partial charge in [0.15, 0.2) is 5.78 Å². The van der Waals surface area contributed by atoms with Crippen molar-refractivity contribution in [1.82, 2.24) is 9.88 Å². The summed E-state index contributed by atoms with van der Waals surface area (Å²) in [6.07, 6.45) is 3.95. The number of anilines is 2. The molecular formula is C26H27FN4O2. The van der Waals surface area contributed by atoms with Gasteiger partial charge in [-0.2, -0.15) is 5.26 Å². The van der Waals surface area contributed by atoms with Gasteiger partial charge in [0.1, 0.15) is 17.6 Å². The first kappa shape index (κ1) is 16.8. The van der Waals surface area contributed by atoms with Gasteiger partial charge in [0.2, 0.25) is 0 Å². The van der Waals surface area contributed by atoms with E-state index in [0.717, 1.165) is 4.90 Å². The van der Waals surface area contributed by atoms with E-state index in [9.17, 15) is 14.4 Å². The van der Waals surface area contributed by atoms with Crippen LogP contribution in [0.2, 0.25) is 0 Å². The summed E-state index contributed by atoms with van der Waals surface area (Å²) in [4.78, 5) is 18.2. The molecule has 0 aliphatic rings. The number of ketones is 1. The Labute approximate surface area is 201 Å². The summed E-state index contributed by atoms with van der Waals surface area (Å²) in [7, 11) is 1.42. The maximum absolute atomic E-state index is 14.3. The van der Waals surface area contributed by atoms with Gasteiger partial charge in [-0.05, 0) is 63.7 Å². The minimum atomic E-state index is -2.29. The predicted molar refractivity (Wildman–Crippen MR) is 128 cm³/mol. The summed E-state index contributed by atoms with van der Waals surface area (Å²) in [6, 6.07) is 3.69. The van der Waals surface area contributed by atoms with Crippen molar-refractivity contribution in [1.29, 1.82) is 5.26 Å². The van der Waals surface area contributed by atoms with Crippen LogP contribution in [0, 0.1) is 24.1 Å². The monoisotopic (exact) mass is 452 g/mol. The largest absolute Gasteiger partial charge is 0.494 e. The van der Waals surface area contributed by atoms with E-state index in [1.807, 2.05) is 6.07 Å². The third-order valence-corrected chi connectivity index (χ3v) is 4.71. The van der Waals surface area contributed by atoms with Crippen molar-refractivity contribution < 1.29 is 22.1 Å². The Morgan fingerprint density at radius 2 is 2.27 bits per heavy atom. The highest BCUT2D eigenvalue weighted by Crippen LogP contribution is 2.34. The Morgan fingerprint density at radius 1 is 1.45 bits per heavy atom. The van der Waals surface area contributed by atoms with E-state index >= 15 is 0 Å². The number of hydrogen-bond acceptors (Lipinski definition) is 6. The third-order valence-electron chi connectivity index (χ3n) is 4.71. The maximum atomic E-state index is 14.3. The Kier molecular flexibility index (Phi) is 5.46. The fourth-order valence-electron chi connectivity index (χ4n) is 3.17. The normalized spacial score (nSPS) is 14.2. The number of halogens is 1. The average molecular weight is 453 g/mol. The van der Waals surface area contributed by atoms with E-state index in [4.69, 9.17) is 13.0 Å². The Balaban J connectivity index is 2.09. The zero-order chi connectivity index (χ0) is 29.1. The minimum Gasteiger partial charge on any atom is -0.494 e. The quantitative estimate of drug-likeness (QED) is 0.464. The summed E-state index contributed by atoms with van der Waals surface area (Å²) in [6.45, 7) is 1.17. The molecule has 170 valence electrons. The standard InChI is InChI=1S/C26H27FN4O2/c1-5-33-25-14-24-22(13-18(25)12-21(32)7-6-10-31(3)4)26(19(15-28)16-29-24)30-20-8-9-23(27)17(2)11-20/h6-9,11,13-14,16H,5,10,12H2,1-4H3,(H,29,30)/b7-6+/i3D3,8D,9D,11D. The Bertz CT molecular complexity index is 1470. The molecule has 0 bridgehead atoms. The zero-order valence-corrected chi connectivity index (χ0v) is 18.5. The number of carbonyl (C=O) groups excluding carboxylic acids is 1. The second-order valence-electron chi connectivity index (χ2n) is 7.31. The molecule has 6 nitrogen and oxygen atoms in total. The number of nitriles is 1. The SMILES string of the molecule is [2H]c1c([2H])c(Nc2c(C#N)cnc3cc(OCC)c(CC(=O)/C=C/CN(C)C([2H])([2H])[2H])cc23)c([2H])c(C)c1F. The predicted octanol–water partition coefficient (Wildman–Crippen LogP) is 4.93. The van der Waals surface area contributed by atoms with E-state index in [0.29, 0.717) is 28.8 Å². The van der Waals surface area contributed by atoms with Crippen LogP contribution in [0.15, 0.2) is 48.6 Å². The van der Waals surface area contributed by atoms with Crippen molar-refractivity contribution in [3.8, 4) is 11.8 Å².